The Bertz CT molecular complexity index is 440. The number of nitrogens with zero attached hydrogens (tertiary/aromatic N) is 1. The molecule has 1 rings (SSSR count). The molecule has 0 saturated carbocycles. The van der Waals surface area contributed by atoms with Gasteiger partial charge in [0.2, 0.25) is 0 Å². The summed E-state index contributed by atoms with van der Waals surface area (Å²) in [6.07, 6.45) is 1.29. The molecule has 0 atom stereocenters. The molecular weight excluding hydrogens is 320 g/mol. The fraction of sp³-hybridized carbons (Fsp3) is 0.545. The highest BCUT2D eigenvalue weighted by molar-refractivity contribution is 9.10. The third-order valence-electron chi connectivity index (χ3n) is 1.80. The highest BCUT2D eigenvalue weighted by Gasteiger charge is 2.17. The number of ketones is 1. The van der Waals surface area contributed by atoms with Crippen LogP contribution in [-0.4, -0.2) is 28.4 Å². The van der Waals surface area contributed by atoms with Crippen LogP contribution in [0.3, 0.4) is 0 Å². The molecule has 1 aromatic rings. The third kappa shape index (κ3) is 5.14. The van der Waals surface area contributed by atoms with Gasteiger partial charge in [-0.05, 0) is 48.2 Å². The van der Waals surface area contributed by atoms with Gasteiger partial charge in [0.1, 0.15) is 10.5 Å². The Balaban J connectivity index is 2.33. The maximum Gasteiger partial charge on any atom is 0.407 e. The molecule has 0 bridgehead atoms. The number of ether oxygens (including phenoxy) is 1. The van der Waals surface area contributed by atoms with Crippen molar-refractivity contribution in [1.82, 2.24) is 9.69 Å². The first-order valence-corrected chi connectivity index (χ1v) is 6.96. The summed E-state index contributed by atoms with van der Waals surface area (Å²) in [5.74, 6) is -0.0552. The number of nitrogens with one attached hydrogen (secondary N) is 1. The van der Waals surface area contributed by atoms with Crippen LogP contribution in [0.15, 0.2) is 10.7 Å². The zero-order chi connectivity index (χ0) is 13.8. The summed E-state index contributed by atoms with van der Waals surface area (Å²) in [6.45, 7) is 5.60. The monoisotopic (exact) mass is 334 g/mol. The largest absolute Gasteiger partial charge is 0.444 e. The Morgan fingerprint density at radius 3 is 2.67 bits per heavy atom. The molecule has 0 fully saturated rings. The van der Waals surface area contributed by atoms with E-state index in [1.54, 1.807) is 27.0 Å². The predicted octanol–water partition coefficient (Wildman–Crippen LogP) is 3.00. The number of halogens is 1. The number of rotatable bonds is 4. The van der Waals surface area contributed by atoms with Crippen LogP contribution in [0.2, 0.25) is 0 Å². The van der Waals surface area contributed by atoms with Gasteiger partial charge in [0.15, 0.2) is 5.78 Å². The second kappa shape index (κ2) is 6.29. The van der Waals surface area contributed by atoms with E-state index in [0.717, 1.165) is 11.5 Å². The molecule has 1 N–H and O–H groups in total. The molecular formula is C11H15BrN2O3S. The molecule has 1 heterocycles. The van der Waals surface area contributed by atoms with Gasteiger partial charge in [-0.15, -0.1) is 0 Å². The fourth-order valence-electron chi connectivity index (χ4n) is 1.12. The van der Waals surface area contributed by atoms with Crippen LogP contribution < -0.4 is 5.32 Å². The molecule has 7 heteroatoms. The van der Waals surface area contributed by atoms with Crippen molar-refractivity contribution in [3.63, 3.8) is 0 Å². The van der Waals surface area contributed by atoms with Crippen LogP contribution in [0.4, 0.5) is 4.79 Å². The van der Waals surface area contributed by atoms with Crippen molar-refractivity contribution in [2.75, 3.05) is 6.54 Å². The molecule has 0 aliphatic rings. The van der Waals surface area contributed by atoms with Gasteiger partial charge in [-0.2, -0.15) is 4.37 Å². The molecule has 0 radical (unpaired) electrons. The molecule has 5 nitrogen and oxygen atoms in total. The van der Waals surface area contributed by atoms with Crippen molar-refractivity contribution >= 4 is 39.3 Å². The van der Waals surface area contributed by atoms with Crippen LogP contribution in [-0.2, 0) is 4.74 Å². The average Bonchev–Trinajstić information content (AvgIpc) is 2.61. The van der Waals surface area contributed by atoms with Crippen molar-refractivity contribution in [2.45, 2.75) is 32.8 Å². The number of hydrogen-bond acceptors (Lipinski definition) is 5. The molecule has 0 spiro atoms. The first-order chi connectivity index (χ1) is 8.29. The van der Waals surface area contributed by atoms with E-state index in [9.17, 15) is 9.59 Å². The summed E-state index contributed by atoms with van der Waals surface area (Å²) >= 11 is 4.38. The Hall–Kier alpha value is -0.950. The van der Waals surface area contributed by atoms with Crippen molar-refractivity contribution in [2.24, 2.45) is 0 Å². The van der Waals surface area contributed by atoms with Gasteiger partial charge in [-0.1, -0.05) is 0 Å². The third-order valence-corrected chi connectivity index (χ3v) is 3.51. The minimum atomic E-state index is -0.533. The SMILES string of the molecule is CC(C)(C)OC(=O)NCCC(=O)c1sncc1Br. The number of hydrogen-bond donors (Lipinski definition) is 1. The highest BCUT2D eigenvalue weighted by Crippen LogP contribution is 2.21. The van der Waals surface area contributed by atoms with Gasteiger partial charge in [0.05, 0.1) is 10.7 Å². The zero-order valence-corrected chi connectivity index (χ0v) is 12.9. The van der Waals surface area contributed by atoms with E-state index < -0.39 is 11.7 Å². The standard InChI is InChI=1S/C11H15BrN2O3S/c1-11(2,3)17-10(16)13-5-4-8(15)9-7(12)6-14-18-9/h6H,4-5H2,1-3H3,(H,13,16). The summed E-state index contributed by atoms with van der Waals surface area (Å²) < 4.78 is 9.64. The lowest BCUT2D eigenvalue weighted by atomic mass is 10.2. The van der Waals surface area contributed by atoms with E-state index in [0.29, 0.717) is 9.35 Å². The van der Waals surface area contributed by atoms with Crippen molar-refractivity contribution < 1.29 is 14.3 Å². The van der Waals surface area contributed by atoms with E-state index in [1.165, 1.54) is 0 Å². The van der Waals surface area contributed by atoms with E-state index in [4.69, 9.17) is 4.74 Å². The van der Waals surface area contributed by atoms with Crippen molar-refractivity contribution in [1.29, 1.82) is 0 Å². The Kier molecular flexibility index (Phi) is 5.28. The molecule has 0 aliphatic heterocycles. The van der Waals surface area contributed by atoms with Gasteiger partial charge >= 0.3 is 6.09 Å². The fourth-order valence-corrected chi connectivity index (χ4v) is 2.40. The summed E-state index contributed by atoms with van der Waals surface area (Å²) in [4.78, 5) is 23.6. The van der Waals surface area contributed by atoms with Crippen LogP contribution in [0.5, 0.6) is 0 Å². The van der Waals surface area contributed by atoms with E-state index >= 15 is 0 Å². The lowest BCUT2D eigenvalue weighted by Crippen LogP contribution is -2.33. The Morgan fingerprint density at radius 2 is 2.17 bits per heavy atom. The van der Waals surface area contributed by atoms with Gasteiger partial charge in [0, 0.05) is 13.0 Å². The second-order valence-corrected chi connectivity index (χ2v) is 6.26. The topological polar surface area (TPSA) is 68.3 Å². The maximum atomic E-state index is 11.7. The lowest BCUT2D eigenvalue weighted by molar-refractivity contribution is 0.0527. The van der Waals surface area contributed by atoms with E-state index in [-0.39, 0.29) is 18.7 Å². The van der Waals surface area contributed by atoms with Crippen molar-refractivity contribution in [3.05, 3.63) is 15.5 Å². The Labute approximate surface area is 118 Å². The minimum Gasteiger partial charge on any atom is -0.444 e. The average molecular weight is 335 g/mol. The van der Waals surface area contributed by atoms with Gasteiger partial charge in [0.25, 0.3) is 0 Å². The van der Waals surface area contributed by atoms with Crippen LogP contribution in [0.25, 0.3) is 0 Å². The summed E-state index contributed by atoms with van der Waals surface area (Å²) in [7, 11) is 0. The molecule has 0 saturated heterocycles. The number of Topliss-reactive ketones (excluding diaryl/α,β-unsaturated/α-hetero) is 1. The molecule has 0 aromatic carbocycles. The van der Waals surface area contributed by atoms with Gasteiger partial charge < -0.3 is 10.1 Å². The Morgan fingerprint density at radius 1 is 1.50 bits per heavy atom. The highest BCUT2D eigenvalue weighted by atomic mass is 79.9. The molecule has 0 aliphatic carbocycles. The smallest absolute Gasteiger partial charge is 0.407 e. The lowest BCUT2D eigenvalue weighted by Gasteiger charge is -2.19. The molecule has 1 amide bonds. The number of carbonyl (C=O) groups excluding carboxylic acids is 2. The number of carbonyl (C=O) groups is 2. The molecule has 1 aromatic heterocycles. The quantitative estimate of drug-likeness (QED) is 0.859. The zero-order valence-electron chi connectivity index (χ0n) is 10.4. The summed E-state index contributed by atoms with van der Waals surface area (Å²) in [5, 5.41) is 2.54. The van der Waals surface area contributed by atoms with Crippen molar-refractivity contribution in [3.8, 4) is 0 Å². The van der Waals surface area contributed by atoms with E-state index in [1.807, 2.05) is 0 Å². The van der Waals surface area contributed by atoms with Gasteiger partial charge in [-0.3, -0.25) is 4.79 Å². The maximum absolute atomic E-state index is 11.7. The first-order valence-electron chi connectivity index (χ1n) is 5.40. The molecule has 0 unspecified atom stereocenters. The normalized spacial score (nSPS) is 11.1. The summed E-state index contributed by atoms with van der Waals surface area (Å²) in [6, 6.07) is 0. The van der Waals surface area contributed by atoms with Crippen LogP contribution in [0, 0.1) is 0 Å². The number of aromatic nitrogens is 1. The van der Waals surface area contributed by atoms with E-state index in [2.05, 4.69) is 25.6 Å². The van der Waals surface area contributed by atoms with Crippen LogP contribution >= 0.6 is 27.5 Å². The molecule has 18 heavy (non-hydrogen) atoms. The van der Waals surface area contributed by atoms with Gasteiger partial charge in [-0.25, -0.2) is 4.79 Å². The first kappa shape index (κ1) is 15.1. The van der Waals surface area contributed by atoms with Crippen LogP contribution in [0.1, 0.15) is 36.9 Å². The minimum absolute atomic E-state index is 0.0552. The summed E-state index contributed by atoms with van der Waals surface area (Å²) in [5.41, 5.74) is -0.533. The molecule has 100 valence electrons. The second-order valence-electron chi connectivity index (χ2n) is 4.60. The number of alkyl carbamates (subject to hydrolysis) is 1. The number of amides is 1. The predicted molar refractivity (Wildman–Crippen MR) is 73.0 cm³/mol.